The smallest absolute Gasteiger partial charge is 0.162 e. The maximum absolute atomic E-state index is 10.3. The molecule has 0 bridgehead atoms. The van der Waals surface area contributed by atoms with Crippen LogP contribution in [0.5, 0.6) is 11.5 Å². The van der Waals surface area contributed by atoms with Crippen molar-refractivity contribution in [2.24, 2.45) is 0 Å². The Labute approximate surface area is 160 Å². The molecule has 3 aromatic rings. The SMILES string of the molecule is CCOc1cccc(CNCc2c(C)nn(Cc3ccccc3)c2C)c1O. The first kappa shape index (κ1) is 19.0. The summed E-state index contributed by atoms with van der Waals surface area (Å²) in [6.45, 7) is 8.61. The van der Waals surface area contributed by atoms with Gasteiger partial charge in [0.1, 0.15) is 0 Å². The van der Waals surface area contributed by atoms with E-state index in [1.165, 1.54) is 11.1 Å². The average Bonchev–Trinajstić information content (AvgIpc) is 2.93. The Kier molecular flexibility index (Phi) is 6.14. The molecule has 2 aromatic carbocycles. The summed E-state index contributed by atoms with van der Waals surface area (Å²) in [6, 6.07) is 15.9. The van der Waals surface area contributed by atoms with Gasteiger partial charge in [-0.3, -0.25) is 4.68 Å². The monoisotopic (exact) mass is 365 g/mol. The molecular formula is C22H27N3O2. The van der Waals surface area contributed by atoms with E-state index >= 15 is 0 Å². The molecule has 0 aliphatic heterocycles. The third-order valence-corrected chi connectivity index (χ3v) is 4.71. The molecule has 1 aromatic heterocycles. The molecule has 0 spiro atoms. The molecule has 142 valence electrons. The lowest BCUT2D eigenvalue weighted by atomic mass is 10.1. The van der Waals surface area contributed by atoms with Gasteiger partial charge in [-0.15, -0.1) is 0 Å². The Morgan fingerprint density at radius 3 is 2.56 bits per heavy atom. The molecular weight excluding hydrogens is 338 g/mol. The Morgan fingerprint density at radius 1 is 1.04 bits per heavy atom. The zero-order valence-corrected chi connectivity index (χ0v) is 16.2. The number of hydrogen-bond donors (Lipinski definition) is 2. The van der Waals surface area contributed by atoms with Crippen LogP contribution < -0.4 is 10.1 Å². The molecule has 0 fully saturated rings. The van der Waals surface area contributed by atoms with Crippen LogP contribution in [0.3, 0.4) is 0 Å². The van der Waals surface area contributed by atoms with Crippen molar-refractivity contribution in [1.29, 1.82) is 0 Å². The van der Waals surface area contributed by atoms with Crippen LogP contribution in [0.1, 0.15) is 35.0 Å². The van der Waals surface area contributed by atoms with Crippen molar-refractivity contribution in [3.05, 3.63) is 76.6 Å². The van der Waals surface area contributed by atoms with Crippen LogP contribution in [-0.2, 0) is 19.6 Å². The number of aryl methyl sites for hydroxylation is 1. The van der Waals surface area contributed by atoms with Gasteiger partial charge in [0.05, 0.1) is 18.8 Å². The predicted molar refractivity (Wildman–Crippen MR) is 107 cm³/mol. The lowest BCUT2D eigenvalue weighted by molar-refractivity contribution is 0.316. The van der Waals surface area contributed by atoms with Crippen molar-refractivity contribution in [2.75, 3.05) is 6.61 Å². The molecule has 27 heavy (non-hydrogen) atoms. The number of hydrogen-bond acceptors (Lipinski definition) is 4. The number of aromatic nitrogens is 2. The van der Waals surface area contributed by atoms with Gasteiger partial charge < -0.3 is 15.2 Å². The molecule has 0 saturated heterocycles. The van der Waals surface area contributed by atoms with Gasteiger partial charge in [0.2, 0.25) is 0 Å². The molecule has 0 atom stereocenters. The summed E-state index contributed by atoms with van der Waals surface area (Å²) < 4.78 is 7.50. The van der Waals surface area contributed by atoms with Crippen LogP contribution in [0.4, 0.5) is 0 Å². The lowest BCUT2D eigenvalue weighted by Crippen LogP contribution is -2.14. The van der Waals surface area contributed by atoms with Crippen LogP contribution in [0.25, 0.3) is 0 Å². The van der Waals surface area contributed by atoms with E-state index in [0.29, 0.717) is 25.4 Å². The number of phenolic OH excluding ortho intramolecular Hbond substituents is 1. The van der Waals surface area contributed by atoms with E-state index in [1.807, 2.05) is 44.2 Å². The summed E-state index contributed by atoms with van der Waals surface area (Å²) in [5.74, 6) is 0.736. The first-order chi connectivity index (χ1) is 13.1. The molecule has 1 heterocycles. The van der Waals surface area contributed by atoms with E-state index < -0.39 is 0 Å². The second kappa shape index (κ2) is 8.73. The number of nitrogens with one attached hydrogen (secondary N) is 1. The van der Waals surface area contributed by atoms with E-state index in [1.54, 1.807) is 6.07 Å². The molecule has 0 unspecified atom stereocenters. The highest BCUT2D eigenvalue weighted by molar-refractivity contribution is 5.45. The van der Waals surface area contributed by atoms with Gasteiger partial charge in [0.15, 0.2) is 11.5 Å². The van der Waals surface area contributed by atoms with Gasteiger partial charge in [0.25, 0.3) is 0 Å². The topological polar surface area (TPSA) is 59.3 Å². The second-order valence-electron chi connectivity index (χ2n) is 6.59. The molecule has 5 heteroatoms. The van der Waals surface area contributed by atoms with Crippen LogP contribution in [0, 0.1) is 13.8 Å². The van der Waals surface area contributed by atoms with Gasteiger partial charge in [-0.2, -0.15) is 5.10 Å². The predicted octanol–water partition coefficient (Wildman–Crippen LogP) is 3.94. The maximum atomic E-state index is 10.3. The number of rotatable bonds is 8. The van der Waals surface area contributed by atoms with Crippen LogP contribution in [0.2, 0.25) is 0 Å². The zero-order chi connectivity index (χ0) is 19.2. The molecule has 0 aliphatic rings. The van der Waals surface area contributed by atoms with Gasteiger partial charge in [-0.05, 0) is 32.4 Å². The van der Waals surface area contributed by atoms with Crippen molar-refractivity contribution < 1.29 is 9.84 Å². The van der Waals surface area contributed by atoms with Gasteiger partial charge >= 0.3 is 0 Å². The molecule has 3 rings (SSSR count). The molecule has 0 saturated carbocycles. The number of nitrogens with zero attached hydrogens (tertiary/aromatic N) is 2. The summed E-state index contributed by atoms with van der Waals surface area (Å²) in [7, 11) is 0. The fourth-order valence-electron chi connectivity index (χ4n) is 3.20. The van der Waals surface area contributed by atoms with Gasteiger partial charge in [0, 0.05) is 29.9 Å². The molecule has 5 nitrogen and oxygen atoms in total. The van der Waals surface area contributed by atoms with Crippen molar-refractivity contribution in [3.8, 4) is 11.5 Å². The Balaban J connectivity index is 1.66. The van der Waals surface area contributed by atoms with E-state index in [4.69, 9.17) is 9.84 Å². The number of phenols is 1. The fourth-order valence-corrected chi connectivity index (χ4v) is 3.20. The fraction of sp³-hybridized carbons (Fsp3) is 0.318. The quantitative estimate of drug-likeness (QED) is 0.635. The minimum atomic E-state index is 0.208. The van der Waals surface area contributed by atoms with Gasteiger partial charge in [-0.1, -0.05) is 42.5 Å². The Bertz CT molecular complexity index is 888. The maximum Gasteiger partial charge on any atom is 0.162 e. The number of para-hydroxylation sites is 1. The number of ether oxygens (including phenoxy) is 1. The van der Waals surface area contributed by atoms with Crippen molar-refractivity contribution in [1.82, 2.24) is 15.1 Å². The summed E-state index contributed by atoms with van der Waals surface area (Å²) >= 11 is 0. The van der Waals surface area contributed by atoms with E-state index in [2.05, 4.69) is 29.1 Å². The van der Waals surface area contributed by atoms with Crippen LogP contribution >= 0.6 is 0 Å². The molecule has 0 radical (unpaired) electrons. The minimum Gasteiger partial charge on any atom is -0.504 e. The first-order valence-electron chi connectivity index (χ1n) is 9.31. The normalized spacial score (nSPS) is 10.9. The largest absolute Gasteiger partial charge is 0.504 e. The van der Waals surface area contributed by atoms with Crippen molar-refractivity contribution in [2.45, 2.75) is 40.4 Å². The number of benzene rings is 2. The standard InChI is InChI=1S/C22H27N3O2/c1-4-27-21-12-8-11-19(22(21)26)13-23-14-20-16(2)24-25(17(20)3)15-18-9-6-5-7-10-18/h5-12,23,26H,4,13-15H2,1-3H3. The highest BCUT2D eigenvalue weighted by Crippen LogP contribution is 2.29. The lowest BCUT2D eigenvalue weighted by Gasteiger charge is -2.11. The summed E-state index contributed by atoms with van der Waals surface area (Å²) in [4.78, 5) is 0. The van der Waals surface area contributed by atoms with E-state index in [-0.39, 0.29) is 5.75 Å². The summed E-state index contributed by atoms with van der Waals surface area (Å²) in [6.07, 6.45) is 0. The van der Waals surface area contributed by atoms with E-state index in [0.717, 1.165) is 23.5 Å². The van der Waals surface area contributed by atoms with Crippen molar-refractivity contribution in [3.63, 3.8) is 0 Å². The summed E-state index contributed by atoms with van der Waals surface area (Å²) in [5, 5.41) is 18.4. The highest BCUT2D eigenvalue weighted by atomic mass is 16.5. The second-order valence-corrected chi connectivity index (χ2v) is 6.59. The molecule has 0 amide bonds. The highest BCUT2D eigenvalue weighted by Gasteiger charge is 2.12. The van der Waals surface area contributed by atoms with E-state index in [9.17, 15) is 5.11 Å². The average molecular weight is 365 g/mol. The minimum absolute atomic E-state index is 0.208. The molecule has 0 aliphatic carbocycles. The third-order valence-electron chi connectivity index (χ3n) is 4.71. The number of aromatic hydroxyl groups is 1. The molecule has 2 N–H and O–H groups in total. The van der Waals surface area contributed by atoms with Crippen LogP contribution in [0.15, 0.2) is 48.5 Å². The van der Waals surface area contributed by atoms with Crippen molar-refractivity contribution >= 4 is 0 Å². The Morgan fingerprint density at radius 2 is 1.81 bits per heavy atom. The van der Waals surface area contributed by atoms with Crippen LogP contribution in [-0.4, -0.2) is 21.5 Å². The third kappa shape index (κ3) is 4.49. The summed E-state index contributed by atoms with van der Waals surface area (Å²) in [5.41, 5.74) is 5.46. The first-order valence-corrected chi connectivity index (χ1v) is 9.31. The van der Waals surface area contributed by atoms with Gasteiger partial charge in [-0.25, -0.2) is 0 Å². The zero-order valence-electron chi connectivity index (χ0n) is 16.2. The Hall–Kier alpha value is -2.79.